The zero-order chi connectivity index (χ0) is 13.9. The van der Waals surface area contributed by atoms with Gasteiger partial charge >= 0.3 is 0 Å². The van der Waals surface area contributed by atoms with E-state index >= 15 is 0 Å². The van der Waals surface area contributed by atoms with Crippen molar-refractivity contribution in [2.75, 3.05) is 18.5 Å². The van der Waals surface area contributed by atoms with Crippen molar-refractivity contribution in [3.63, 3.8) is 0 Å². The summed E-state index contributed by atoms with van der Waals surface area (Å²) < 4.78 is 5.41. The third-order valence-electron chi connectivity index (χ3n) is 4.51. The van der Waals surface area contributed by atoms with Gasteiger partial charge in [0.1, 0.15) is 11.9 Å². The maximum Gasteiger partial charge on any atom is 0.144 e. The summed E-state index contributed by atoms with van der Waals surface area (Å²) in [7, 11) is 0. The van der Waals surface area contributed by atoms with Crippen LogP contribution in [-0.2, 0) is 17.6 Å². The molecule has 0 amide bonds. The first kappa shape index (κ1) is 13.4. The number of pyridine rings is 1. The summed E-state index contributed by atoms with van der Waals surface area (Å²) in [6.45, 7) is 3.88. The number of fused-ring (bicyclic) bond motifs is 1. The van der Waals surface area contributed by atoms with Crippen molar-refractivity contribution in [1.82, 2.24) is 4.98 Å². The lowest BCUT2D eigenvalue weighted by molar-refractivity contribution is 0.0622. The van der Waals surface area contributed by atoms with Gasteiger partial charge in [-0.05, 0) is 56.6 Å². The second-order valence-corrected chi connectivity index (χ2v) is 5.84. The number of rotatable bonds is 3. The molecule has 1 aromatic heterocycles. The summed E-state index contributed by atoms with van der Waals surface area (Å²) in [5.74, 6) is 1.37. The average Bonchev–Trinajstić information content (AvgIpc) is 2.94. The summed E-state index contributed by atoms with van der Waals surface area (Å²) >= 11 is 0. The molecule has 1 fully saturated rings. The van der Waals surface area contributed by atoms with Gasteiger partial charge in [0, 0.05) is 24.9 Å². The van der Waals surface area contributed by atoms with Crippen molar-refractivity contribution < 1.29 is 4.74 Å². The molecular formula is C16H21N3O. The molecule has 4 heteroatoms. The number of nitriles is 1. The number of aryl methyl sites for hydroxylation is 2. The van der Waals surface area contributed by atoms with Gasteiger partial charge < -0.3 is 10.1 Å². The molecule has 106 valence electrons. The minimum atomic E-state index is 0.331. The first-order valence-corrected chi connectivity index (χ1v) is 7.55. The van der Waals surface area contributed by atoms with Gasteiger partial charge in [0.25, 0.3) is 0 Å². The topological polar surface area (TPSA) is 57.9 Å². The Kier molecular flexibility index (Phi) is 3.88. The van der Waals surface area contributed by atoms with E-state index < -0.39 is 0 Å². The molecular weight excluding hydrogens is 250 g/mol. The van der Waals surface area contributed by atoms with Crippen LogP contribution < -0.4 is 5.32 Å². The molecule has 0 aromatic carbocycles. The van der Waals surface area contributed by atoms with Gasteiger partial charge in [0.05, 0.1) is 5.56 Å². The van der Waals surface area contributed by atoms with Gasteiger partial charge in [-0.2, -0.15) is 5.26 Å². The van der Waals surface area contributed by atoms with Crippen LogP contribution in [0, 0.1) is 17.2 Å². The molecule has 0 saturated carbocycles. The van der Waals surface area contributed by atoms with Gasteiger partial charge in [-0.1, -0.05) is 0 Å². The fraction of sp³-hybridized carbons (Fsp3) is 0.625. The quantitative estimate of drug-likeness (QED) is 0.918. The van der Waals surface area contributed by atoms with Crippen molar-refractivity contribution in [1.29, 1.82) is 5.26 Å². The van der Waals surface area contributed by atoms with E-state index in [9.17, 15) is 5.26 Å². The molecule has 1 aromatic rings. The predicted molar refractivity (Wildman–Crippen MR) is 77.6 cm³/mol. The smallest absolute Gasteiger partial charge is 0.144 e. The van der Waals surface area contributed by atoms with Crippen LogP contribution in [0.25, 0.3) is 0 Å². The van der Waals surface area contributed by atoms with Crippen LogP contribution in [0.4, 0.5) is 5.82 Å². The van der Waals surface area contributed by atoms with Gasteiger partial charge in [-0.15, -0.1) is 0 Å². The van der Waals surface area contributed by atoms with E-state index in [0.717, 1.165) is 51.1 Å². The lowest BCUT2D eigenvalue weighted by atomic mass is 9.93. The summed E-state index contributed by atoms with van der Waals surface area (Å²) in [6, 6.07) is 4.64. The molecule has 2 heterocycles. The van der Waals surface area contributed by atoms with Crippen molar-refractivity contribution in [3.05, 3.63) is 22.9 Å². The first-order valence-electron chi connectivity index (χ1n) is 7.55. The Hall–Kier alpha value is -1.60. The van der Waals surface area contributed by atoms with Crippen molar-refractivity contribution in [3.8, 4) is 6.07 Å². The zero-order valence-electron chi connectivity index (χ0n) is 12.0. The monoisotopic (exact) mass is 271 g/mol. The van der Waals surface area contributed by atoms with Gasteiger partial charge in [0.2, 0.25) is 0 Å². The number of nitrogens with zero attached hydrogens (tertiary/aromatic N) is 2. The highest BCUT2D eigenvalue weighted by Crippen LogP contribution is 2.27. The van der Waals surface area contributed by atoms with E-state index in [-0.39, 0.29) is 0 Å². The number of anilines is 1. The highest BCUT2D eigenvalue weighted by molar-refractivity contribution is 5.55. The molecule has 0 radical (unpaired) electrons. The summed E-state index contributed by atoms with van der Waals surface area (Å²) in [5, 5.41) is 12.8. The molecule has 2 aliphatic rings. The van der Waals surface area contributed by atoms with E-state index in [4.69, 9.17) is 9.72 Å². The molecule has 1 unspecified atom stereocenters. The molecule has 1 aliphatic carbocycles. The van der Waals surface area contributed by atoms with Crippen molar-refractivity contribution in [2.24, 2.45) is 5.92 Å². The van der Waals surface area contributed by atoms with Gasteiger partial charge in [-0.25, -0.2) is 4.98 Å². The number of hydrogen-bond acceptors (Lipinski definition) is 4. The summed E-state index contributed by atoms with van der Waals surface area (Å²) in [4.78, 5) is 4.69. The van der Waals surface area contributed by atoms with Crippen LogP contribution >= 0.6 is 0 Å². The minimum absolute atomic E-state index is 0.331. The predicted octanol–water partition coefficient (Wildman–Crippen LogP) is 2.67. The molecule has 1 atom stereocenters. The zero-order valence-corrected chi connectivity index (χ0v) is 12.0. The van der Waals surface area contributed by atoms with Crippen LogP contribution in [0.1, 0.15) is 43.0 Å². The largest absolute Gasteiger partial charge is 0.381 e. The molecule has 1 aliphatic heterocycles. The Labute approximate surface area is 120 Å². The molecule has 4 nitrogen and oxygen atoms in total. The number of ether oxygens (including phenoxy) is 1. The minimum Gasteiger partial charge on any atom is -0.381 e. The van der Waals surface area contributed by atoms with Crippen LogP contribution in [0.3, 0.4) is 0 Å². The molecule has 3 rings (SSSR count). The normalized spacial score (nSPS) is 20.2. The third-order valence-corrected chi connectivity index (χ3v) is 4.51. The molecule has 20 heavy (non-hydrogen) atoms. The molecule has 0 bridgehead atoms. The van der Waals surface area contributed by atoms with Crippen molar-refractivity contribution in [2.45, 2.75) is 45.1 Å². The lowest BCUT2D eigenvalue weighted by Crippen LogP contribution is -2.31. The third kappa shape index (κ3) is 2.64. The standard InChI is InChI=1S/C16H21N3O/c1-11(12-5-7-20-8-6-12)18-16-14(10-17)9-13-3-2-4-15(13)19-16/h9,11-12H,2-8H2,1H3,(H,18,19). The van der Waals surface area contributed by atoms with Gasteiger partial charge in [-0.3, -0.25) is 0 Å². The lowest BCUT2D eigenvalue weighted by Gasteiger charge is -2.29. The summed E-state index contributed by atoms with van der Waals surface area (Å²) in [5.41, 5.74) is 3.11. The van der Waals surface area contributed by atoms with E-state index in [1.54, 1.807) is 0 Å². The first-order chi connectivity index (χ1) is 9.78. The second kappa shape index (κ2) is 5.80. The van der Waals surface area contributed by atoms with Crippen LogP contribution in [0.15, 0.2) is 6.07 Å². The van der Waals surface area contributed by atoms with Crippen LogP contribution in [0.2, 0.25) is 0 Å². The average molecular weight is 271 g/mol. The molecule has 1 N–H and O–H groups in total. The van der Waals surface area contributed by atoms with E-state index in [0.29, 0.717) is 17.5 Å². The van der Waals surface area contributed by atoms with Crippen molar-refractivity contribution >= 4 is 5.82 Å². The number of hydrogen-bond donors (Lipinski definition) is 1. The van der Waals surface area contributed by atoms with E-state index in [1.807, 2.05) is 6.07 Å². The highest BCUT2D eigenvalue weighted by Gasteiger charge is 2.23. The van der Waals surface area contributed by atoms with Crippen LogP contribution in [-0.4, -0.2) is 24.2 Å². The Morgan fingerprint density at radius 1 is 1.40 bits per heavy atom. The fourth-order valence-corrected chi connectivity index (χ4v) is 3.22. The number of nitrogens with one attached hydrogen (secondary N) is 1. The van der Waals surface area contributed by atoms with Gasteiger partial charge in [0.15, 0.2) is 0 Å². The van der Waals surface area contributed by atoms with E-state index in [2.05, 4.69) is 18.3 Å². The fourth-order valence-electron chi connectivity index (χ4n) is 3.22. The maximum atomic E-state index is 9.32. The maximum absolute atomic E-state index is 9.32. The number of aromatic nitrogens is 1. The second-order valence-electron chi connectivity index (χ2n) is 5.84. The Morgan fingerprint density at radius 2 is 2.20 bits per heavy atom. The molecule has 1 saturated heterocycles. The highest BCUT2D eigenvalue weighted by atomic mass is 16.5. The Balaban J connectivity index is 1.78. The van der Waals surface area contributed by atoms with Crippen LogP contribution in [0.5, 0.6) is 0 Å². The summed E-state index contributed by atoms with van der Waals surface area (Å²) in [6.07, 6.45) is 5.43. The SMILES string of the molecule is CC(Nc1nc2c(cc1C#N)CCC2)C1CCOCC1. The molecule has 0 spiro atoms. The Morgan fingerprint density at radius 3 is 2.95 bits per heavy atom. The Bertz CT molecular complexity index is 529. The van der Waals surface area contributed by atoms with E-state index in [1.165, 1.54) is 11.3 Å².